The molecule has 0 spiro atoms. The molecule has 0 aliphatic heterocycles. The van der Waals surface area contributed by atoms with Crippen LogP contribution in [0.15, 0.2) is 30.3 Å². The third-order valence-electron chi connectivity index (χ3n) is 2.66. The molecular weight excluding hydrogens is 309 g/mol. The van der Waals surface area contributed by atoms with Gasteiger partial charge in [0, 0.05) is 11.5 Å². The van der Waals surface area contributed by atoms with Gasteiger partial charge in [-0.25, -0.2) is 0 Å². The number of carbonyl (C=O) groups excluding carboxylic acids is 1. The molecule has 0 heterocycles. The summed E-state index contributed by atoms with van der Waals surface area (Å²) in [5.41, 5.74) is 12.1. The van der Waals surface area contributed by atoms with Crippen molar-refractivity contribution in [3.63, 3.8) is 0 Å². The van der Waals surface area contributed by atoms with Crippen molar-refractivity contribution in [2.45, 2.75) is 44.6 Å². The molecule has 0 unspecified atom stereocenters. The van der Waals surface area contributed by atoms with Crippen LogP contribution in [0.5, 0.6) is 0 Å². The molecule has 0 fully saturated rings. The van der Waals surface area contributed by atoms with Crippen LogP contribution in [-0.4, -0.2) is 24.5 Å². The topological polar surface area (TPSA) is 81.1 Å². The number of hydrogen-bond donors (Lipinski definition) is 3. The van der Waals surface area contributed by atoms with Crippen molar-refractivity contribution in [2.24, 2.45) is 11.5 Å². The fourth-order valence-electron chi connectivity index (χ4n) is 1.72. The Kier molecular flexibility index (Phi) is 9.27. The van der Waals surface area contributed by atoms with Crippen molar-refractivity contribution >= 4 is 30.7 Å². The predicted molar refractivity (Wildman–Crippen MR) is 93.1 cm³/mol. The lowest BCUT2D eigenvalue weighted by Gasteiger charge is -2.17. The molecule has 0 radical (unpaired) electrons. The summed E-state index contributed by atoms with van der Waals surface area (Å²) in [5, 5.41) is 2.74. The van der Waals surface area contributed by atoms with Crippen molar-refractivity contribution in [3.8, 4) is 0 Å². The zero-order valence-corrected chi connectivity index (χ0v) is 13.7. The van der Waals surface area contributed by atoms with Gasteiger partial charge in [-0.2, -0.15) is 0 Å². The van der Waals surface area contributed by atoms with Crippen LogP contribution in [0, 0.1) is 0 Å². The highest BCUT2D eigenvalue weighted by molar-refractivity contribution is 5.85. The van der Waals surface area contributed by atoms with Gasteiger partial charge in [-0.1, -0.05) is 36.7 Å². The minimum Gasteiger partial charge on any atom is -0.352 e. The highest BCUT2D eigenvalue weighted by Crippen LogP contribution is 2.04. The van der Waals surface area contributed by atoms with Crippen molar-refractivity contribution in [3.05, 3.63) is 35.9 Å². The summed E-state index contributed by atoms with van der Waals surface area (Å²) in [6.07, 6.45) is -4.31. The first-order valence-corrected chi connectivity index (χ1v) is 6.39. The molecule has 4 nitrogen and oxygen atoms in total. The van der Waals surface area contributed by atoms with E-state index in [1.54, 1.807) is 0 Å². The third-order valence-corrected chi connectivity index (χ3v) is 2.66. The Bertz CT molecular complexity index is 521. The Hall–Kier alpha value is -0.810. The first kappa shape index (κ1) is 15.1. The Balaban J connectivity index is 0. The summed E-state index contributed by atoms with van der Waals surface area (Å²) < 4.78 is 30.7. The molecule has 0 saturated heterocycles. The number of rotatable bonds is 8. The number of nitrogens with one attached hydrogen (secondary N) is 1. The van der Waals surface area contributed by atoms with Crippen LogP contribution < -0.4 is 16.8 Å². The molecule has 0 aliphatic carbocycles. The molecule has 0 saturated carbocycles. The second-order valence-electron chi connectivity index (χ2n) is 4.47. The van der Waals surface area contributed by atoms with E-state index in [0.29, 0.717) is 6.42 Å². The Morgan fingerprint density at radius 2 is 1.90 bits per heavy atom. The number of carbonyl (C=O) groups is 1. The number of hydrogen-bond acceptors (Lipinski definition) is 3. The van der Waals surface area contributed by atoms with E-state index in [-0.39, 0.29) is 30.9 Å². The maximum absolute atomic E-state index is 12.1. The number of amides is 1. The van der Waals surface area contributed by atoms with Crippen LogP contribution >= 0.6 is 24.8 Å². The van der Waals surface area contributed by atoms with Gasteiger partial charge >= 0.3 is 0 Å². The second-order valence-corrected chi connectivity index (χ2v) is 4.47. The monoisotopic (exact) mass is 339 g/mol. The molecule has 6 heteroatoms. The molecule has 1 amide bonds. The molecule has 1 rings (SSSR count). The molecule has 0 aromatic heterocycles. The molecule has 1 aromatic carbocycles. The van der Waals surface area contributed by atoms with E-state index in [0.717, 1.165) is 5.56 Å². The molecule has 122 valence electrons. The van der Waals surface area contributed by atoms with Crippen LogP contribution in [-0.2, 0) is 11.2 Å². The van der Waals surface area contributed by atoms with Crippen molar-refractivity contribution in [2.75, 3.05) is 6.54 Å². The van der Waals surface area contributed by atoms with Crippen molar-refractivity contribution in [1.29, 1.82) is 0 Å². The third kappa shape index (κ3) is 9.69. The summed E-state index contributed by atoms with van der Waals surface area (Å²) in [6, 6.07) is 8.36. The van der Waals surface area contributed by atoms with Gasteiger partial charge in [-0.15, -0.1) is 24.8 Å². The maximum atomic E-state index is 12.1. The molecule has 1 aromatic rings. The summed E-state index contributed by atoms with van der Waals surface area (Å²) >= 11 is 0. The lowest BCUT2D eigenvalue weighted by atomic mass is 10.1. The first-order chi connectivity index (χ1) is 10.6. The fourth-order valence-corrected chi connectivity index (χ4v) is 1.72. The smallest absolute Gasteiger partial charge is 0.237 e. The Morgan fingerprint density at radius 3 is 2.48 bits per heavy atom. The molecule has 0 bridgehead atoms. The van der Waals surface area contributed by atoms with E-state index in [4.69, 9.17) is 17.0 Å². The van der Waals surface area contributed by atoms with Crippen molar-refractivity contribution < 1.29 is 10.3 Å². The minimum atomic E-state index is -2.28. The average molecular weight is 340 g/mol. The van der Waals surface area contributed by atoms with E-state index in [2.05, 4.69) is 5.32 Å². The number of benzene rings is 1. The average Bonchev–Trinajstić information content (AvgIpc) is 2.47. The predicted octanol–water partition coefficient (Wildman–Crippen LogP) is 2.03. The van der Waals surface area contributed by atoms with Gasteiger partial charge in [0.1, 0.15) is 0 Å². The van der Waals surface area contributed by atoms with E-state index in [1.807, 2.05) is 37.3 Å². The zero-order valence-electron chi connectivity index (χ0n) is 16.0. The van der Waals surface area contributed by atoms with Gasteiger partial charge in [0.15, 0.2) is 0 Å². The van der Waals surface area contributed by atoms with Gasteiger partial charge in [0.05, 0.1) is 6.04 Å². The van der Waals surface area contributed by atoms with Crippen LogP contribution in [0.3, 0.4) is 0 Å². The Labute approximate surface area is 145 Å². The summed E-state index contributed by atoms with van der Waals surface area (Å²) in [5.74, 6) is -0.495. The van der Waals surface area contributed by atoms with Crippen molar-refractivity contribution in [1.82, 2.24) is 5.32 Å². The van der Waals surface area contributed by atoms with Gasteiger partial charge in [-0.05, 0) is 38.2 Å². The van der Waals surface area contributed by atoms with E-state index >= 15 is 0 Å². The summed E-state index contributed by atoms with van der Waals surface area (Å²) in [4.78, 5) is 12.1. The maximum Gasteiger partial charge on any atom is 0.237 e. The fraction of sp³-hybridized carbons (Fsp3) is 0.533. The SMILES string of the molecule is Cl.Cl.[2H]C([2H])(CN)C([2H])([2H])C[C@H](N)C(=O)N[C@@H](C)Cc1ccccc1. The lowest BCUT2D eigenvalue weighted by molar-refractivity contribution is -0.123. The van der Waals surface area contributed by atoms with Crippen LogP contribution in [0.1, 0.15) is 37.1 Å². The largest absolute Gasteiger partial charge is 0.352 e. The van der Waals surface area contributed by atoms with E-state index in [9.17, 15) is 4.79 Å². The van der Waals surface area contributed by atoms with Gasteiger partial charge in [0.2, 0.25) is 5.91 Å². The van der Waals surface area contributed by atoms with Gasteiger partial charge in [-0.3, -0.25) is 4.79 Å². The normalized spacial score (nSPS) is 16.7. The second kappa shape index (κ2) is 12.9. The van der Waals surface area contributed by atoms with Gasteiger partial charge < -0.3 is 16.8 Å². The summed E-state index contributed by atoms with van der Waals surface area (Å²) in [6.45, 7) is 1.37. The number of halogens is 2. The summed E-state index contributed by atoms with van der Waals surface area (Å²) in [7, 11) is 0. The van der Waals surface area contributed by atoms with E-state index in [1.165, 1.54) is 0 Å². The molecule has 0 aliphatic rings. The standard InChI is InChI=1S/C15H25N3O.2ClH/c1-12(11-13-7-3-2-4-8-13)18-15(19)14(17)9-5-6-10-16;;/h2-4,7-8,12,14H,5-6,9-11,16-17H2,1H3,(H,18,19);2*1H/t12-,14-;;/m0../s1/i5D2,6D2;;. The van der Waals surface area contributed by atoms with Crippen LogP contribution in [0.2, 0.25) is 0 Å². The zero-order chi connectivity index (χ0) is 17.7. The molecular formula is C15H27Cl2N3O. The van der Waals surface area contributed by atoms with Crippen LogP contribution in [0.4, 0.5) is 0 Å². The molecule has 5 N–H and O–H groups in total. The first-order valence-electron chi connectivity index (χ1n) is 8.39. The van der Waals surface area contributed by atoms with E-state index < -0.39 is 37.7 Å². The van der Waals surface area contributed by atoms with Gasteiger partial charge in [0.25, 0.3) is 0 Å². The highest BCUT2D eigenvalue weighted by Gasteiger charge is 2.15. The highest BCUT2D eigenvalue weighted by atomic mass is 35.5. The van der Waals surface area contributed by atoms with Crippen LogP contribution in [0.25, 0.3) is 0 Å². The quantitative estimate of drug-likeness (QED) is 0.677. The lowest BCUT2D eigenvalue weighted by Crippen LogP contribution is -2.45. The molecule has 21 heavy (non-hydrogen) atoms. The molecule has 2 atom stereocenters. The minimum absolute atomic E-state index is 0. The Morgan fingerprint density at radius 1 is 1.29 bits per heavy atom. The number of nitrogens with two attached hydrogens (primary N) is 2.